The summed E-state index contributed by atoms with van der Waals surface area (Å²) in [4.78, 5) is 17.9. The van der Waals surface area contributed by atoms with Crippen LogP contribution in [0.2, 0.25) is 0 Å². The molecule has 0 heterocycles. The van der Waals surface area contributed by atoms with Gasteiger partial charge in [-0.2, -0.15) is 0 Å². The molecule has 4 nitrogen and oxygen atoms in total. The van der Waals surface area contributed by atoms with Crippen LogP contribution in [0.4, 0.5) is 0 Å². The molecule has 0 N–H and O–H groups in total. The predicted molar refractivity (Wildman–Crippen MR) is 187 cm³/mol. The maximum Gasteiger partial charge on any atom is 0.308 e. The minimum Gasteiger partial charge on any atom is -0.465 e. The first-order valence-electron chi connectivity index (χ1n) is 19.1. The molecule has 0 saturated heterocycles. The minimum absolute atomic E-state index is 0.0929. The van der Waals surface area contributed by atoms with Gasteiger partial charge in [-0.15, -0.1) is 0 Å². The van der Waals surface area contributed by atoms with Gasteiger partial charge in [-0.3, -0.25) is 4.79 Å². The Morgan fingerprint density at radius 3 is 1.31 bits per heavy atom. The second-order valence-corrected chi connectivity index (χ2v) is 13.5. The molecule has 1 atom stereocenters. The molecule has 0 radical (unpaired) electrons. The average molecular weight is 595 g/mol. The Hall–Kier alpha value is -0.610. The van der Waals surface area contributed by atoms with E-state index in [4.69, 9.17) is 4.74 Å². The van der Waals surface area contributed by atoms with Crippen LogP contribution in [-0.2, 0) is 9.53 Å². The van der Waals surface area contributed by atoms with Crippen LogP contribution in [0.3, 0.4) is 0 Å². The molecule has 0 aromatic carbocycles. The van der Waals surface area contributed by atoms with Gasteiger partial charge in [0.25, 0.3) is 0 Å². The van der Waals surface area contributed by atoms with Crippen molar-refractivity contribution in [2.45, 2.75) is 188 Å². The number of rotatable bonds is 34. The standard InChI is InChI=1S/C38H78N2O2/c1-6-9-12-15-18-22-27-32-40(35-34-39(4)5)33-28-23-19-17-20-24-29-36-42-38(41)37(30-25-14-11-8-3)31-26-21-16-13-10-7-2/h37H,6-36H2,1-5H3. The van der Waals surface area contributed by atoms with Gasteiger partial charge in [-0.25, -0.2) is 0 Å². The normalized spacial score (nSPS) is 12.5. The Bertz CT molecular complexity index is 539. The summed E-state index contributed by atoms with van der Waals surface area (Å²) in [5, 5.41) is 0. The van der Waals surface area contributed by atoms with Crippen LogP contribution in [0, 0.1) is 5.92 Å². The molecule has 0 amide bonds. The third kappa shape index (κ3) is 29.5. The lowest BCUT2D eigenvalue weighted by atomic mass is 9.94. The van der Waals surface area contributed by atoms with Gasteiger partial charge in [0.2, 0.25) is 0 Å². The maximum absolute atomic E-state index is 12.8. The topological polar surface area (TPSA) is 32.8 Å². The fraction of sp³-hybridized carbons (Fsp3) is 0.974. The molecule has 0 aliphatic heterocycles. The van der Waals surface area contributed by atoms with E-state index in [2.05, 4.69) is 44.7 Å². The minimum atomic E-state index is 0.0929. The highest BCUT2D eigenvalue weighted by Gasteiger charge is 2.19. The van der Waals surface area contributed by atoms with E-state index in [-0.39, 0.29) is 11.9 Å². The molecule has 0 aromatic heterocycles. The SMILES string of the molecule is CCCCCCCCCN(CCCCCCCCCOC(=O)C(CCCCCC)CCCCCCCC)CCN(C)C. The number of unbranched alkanes of at least 4 members (excludes halogenated alkanes) is 20. The lowest BCUT2D eigenvalue weighted by Crippen LogP contribution is -2.33. The van der Waals surface area contributed by atoms with E-state index in [1.165, 1.54) is 174 Å². The summed E-state index contributed by atoms with van der Waals surface area (Å²) in [5.41, 5.74) is 0. The van der Waals surface area contributed by atoms with Crippen LogP contribution < -0.4 is 0 Å². The molecule has 42 heavy (non-hydrogen) atoms. The van der Waals surface area contributed by atoms with E-state index >= 15 is 0 Å². The Morgan fingerprint density at radius 1 is 0.476 bits per heavy atom. The zero-order valence-corrected chi connectivity index (χ0v) is 29.7. The third-order valence-electron chi connectivity index (χ3n) is 8.95. The summed E-state index contributed by atoms with van der Waals surface area (Å²) in [6, 6.07) is 0. The van der Waals surface area contributed by atoms with E-state index < -0.39 is 0 Å². The molecule has 1 unspecified atom stereocenters. The van der Waals surface area contributed by atoms with Crippen molar-refractivity contribution in [3.05, 3.63) is 0 Å². The lowest BCUT2D eigenvalue weighted by Gasteiger charge is -2.24. The van der Waals surface area contributed by atoms with E-state index in [0.29, 0.717) is 6.61 Å². The molecule has 0 saturated carbocycles. The van der Waals surface area contributed by atoms with Gasteiger partial charge in [0, 0.05) is 13.1 Å². The summed E-state index contributed by atoms with van der Waals surface area (Å²) < 4.78 is 5.78. The number of nitrogens with zero attached hydrogens (tertiary/aromatic N) is 2. The average Bonchev–Trinajstić information content (AvgIpc) is 2.98. The van der Waals surface area contributed by atoms with Crippen molar-refractivity contribution < 1.29 is 9.53 Å². The van der Waals surface area contributed by atoms with Crippen molar-refractivity contribution in [2.24, 2.45) is 5.92 Å². The quantitative estimate of drug-likeness (QED) is 0.0548. The Labute approximate surface area is 265 Å². The largest absolute Gasteiger partial charge is 0.465 e. The fourth-order valence-corrected chi connectivity index (χ4v) is 5.95. The van der Waals surface area contributed by atoms with E-state index in [1.807, 2.05) is 0 Å². The highest BCUT2D eigenvalue weighted by atomic mass is 16.5. The van der Waals surface area contributed by atoms with Gasteiger partial charge in [0.05, 0.1) is 12.5 Å². The van der Waals surface area contributed by atoms with Crippen LogP contribution in [-0.4, -0.2) is 62.7 Å². The number of hydrogen-bond donors (Lipinski definition) is 0. The van der Waals surface area contributed by atoms with Crippen molar-refractivity contribution in [3.63, 3.8) is 0 Å². The summed E-state index contributed by atoms with van der Waals surface area (Å²) >= 11 is 0. The number of carbonyl (C=O) groups excluding carboxylic acids is 1. The molecule has 0 fully saturated rings. The monoisotopic (exact) mass is 595 g/mol. The first-order chi connectivity index (χ1) is 20.5. The van der Waals surface area contributed by atoms with Gasteiger partial charge >= 0.3 is 5.97 Å². The summed E-state index contributed by atoms with van der Waals surface area (Å²) in [6.07, 6.45) is 33.4. The first-order valence-corrected chi connectivity index (χ1v) is 19.1. The molecule has 252 valence electrons. The highest BCUT2D eigenvalue weighted by Crippen LogP contribution is 2.21. The molecule has 0 aliphatic carbocycles. The smallest absolute Gasteiger partial charge is 0.308 e. The van der Waals surface area contributed by atoms with E-state index in [9.17, 15) is 4.79 Å². The van der Waals surface area contributed by atoms with Crippen molar-refractivity contribution in [1.29, 1.82) is 0 Å². The summed E-state index contributed by atoms with van der Waals surface area (Å²) in [6.45, 7) is 12.4. The Balaban J connectivity index is 3.99. The summed E-state index contributed by atoms with van der Waals surface area (Å²) in [7, 11) is 4.38. The van der Waals surface area contributed by atoms with Gasteiger partial charge < -0.3 is 14.5 Å². The first kappa shape index (κ1) is 41.4. The molecule has 0 bridgehead atoms. The van der Waals surface area contributed by atoms with Crippen LogP contribution in [0.25, 0.3) is 0 Å². The van der Waals surface area contributed by atoms with Crippen molar-refractivity contribution in [1.82, 2.24) is 9.80 Å². The van der Waals surface area contributed by atoms with Crippen molar-refractivity contribution >= 4 is 5.97 Å². The van der Waals surface area contributed by atoms with Crippen LogP contribution >= 0.6 is 0 Å². The number of esters is 1. The number of likely N-dealkylation sites (N-methyl/N-ethyl adjacent to an activating group) is 1. The number of carbonyl (C=O) groups is 1. The zero-order valence-electron chi connectivity index (χ0n) is 29.7. The molecule has 0 spiro atoms. The lowest BCUT2D eigenvalue weighted by molar-refractivity contribution is -0.149. The number of ether oxygens (including phenoxy) is 1. The third-order valence-corrected chi connectivity index (χ3v) is 8.95. The molecule has 0 aliphatic rings. The van der Waals surface area contributed by atoms with Crippen LogP contribution in [0.1, 0.15) is 188 Å². The molecule has 4 heteroatoms. The van der Waals surface area contributed by atoms with Crippen LogP contribution in [0.15, 0.2) is 0 Å². The molecule has 0 rings (SSSR count). The van der Waals surface area contributed by atoms with Gasteiger partial charge in [-0.1, -0.05) is 156 Å². The van der Waals surface area contributed by atoms with E-state index in [0.717, 1.165) is 19.3 Å². The second kappa shape index (κ2) is 33.3. The predicted octanol–water partition coefficient (Wildman–Crippen LogP) is 11.2. The Kier molecular flexibility index (Phi) is 32.8. The molecule has 0 aromatic rings. The fourth-order valence-electron chi connectivity index (χ4n) is 5.95. The molecular weight excluding hydrogens is 516 g/mol. The second-order valence-electron chi connectivity index (χ2n) is 13.5. The van der Waals surface area contributed by atoms with Crippen molar-refractivity contribution in [3.8, 4) is 0 Å². The maximum atomic E-state index is 12.8. The van der Waals surface area contributed by atoms with Gasteiger partial charge in [-0.05, 0) is 59.3 Å². The zero-order chi connectivity index (χ0) is 30.9. The van der Waals surface area contributed by atoms with E-state index in [1.54, 1.807) is 0 Å². The molecular formula is C38H78N2O2. The van der Waals surface area contributed by atoms with Gasteiger partial charge in [0.1, 0.15) is 0 Å². The van der Waals surface area contributed by atoms with Crippen molar-refractivity contribution in [2.75, 3.05) is 46.9 Å². The summed E-state index contributed by atoms with van der Waals surface area (Å²) in [5.74, 6) is 0.228. The van der Waals surface area contributed by atoms with Crippen LogP contribution in [0.5, 0.6) is 0 Å². The Morgan fingerprint density at radius 2 is 0.857 bits per heavy atom. The number of hydrogen-bond acceptors (Lipinski definition) is 4. The highest BCUT2D eigenvalue weighted by molar-refractivity contribution is 5.72. The van der Waals surface area contributed by atoms with Gasteiger partial charge in [0.15, 0.2) is 0 Å².